The summed E-state index contributed by atoms with van der Waals surface area (Å²) >= 11 is 0. The van der Waals surface area contributed by atoms with E-state index >= 15 is 0 Å². The van der Waals surface area contributed by atoms with Gasteiger partial charge in [-0.25, -0.2) is 4.79 Å². The third-order valence-corrected chi connectivity index (χ3v) is 5.47. The molecule has 5 atom stereocenters. The molecule has 2 aromatic rings. The van der Waals surface area contributed by atoms with Gasteiger partial charge in [0.2, 0.25) is 12.4 Å². The lowest BCUT2D eigenvalue weighted by molar-refractivity contribution is -0.288. The summed E-state index contributed by atoms with van der Waals surface area (Å²) in [5, 5.41) is 0.200. The molecule has 3 rings (SSSR count). The Kier molecular flexibility index (Phi) is 10.2. The highest BCUT2D eigenvalue weighted by Crippen LogP contribution is 2.38. The van der Waals surface area contributed by atoms with Crippen molar-refractivity contribution in [3.63, 3.8) is 0 Å². The number of benzene rings is 1. The van der Waals surface area contributed by atoms with Crippen molar-refractivity contribution in [2.24, 2.45) is 0 Å². The summed E-state index contributed by atoms with van der Waals surface area (Å²) in [4.78, 5) is 60.7. The maximum absolute atomic E-state index is 12.9. The normalized spacial score (nSPS) is 21.5. The molecular formula is C27H28O14. The van der Waals surface area contributed by atoms with Gasteiger partial charge in [-0.3, -0.25) is 19.2 Å². The molecule has 0 amide bonds. The molecule has 1 aliphatic heterocycles. The van der Waals surface area contributed by atoms with E-state index in [2.05, 4.69) is 12.0 Å². The number of carbonyl (C=O) groups excluding carboxylic acids is 4. The molecule has 0 spiro atoms. The van der Waals surface area contributed by atoms with Gasteiger partial charge in [-0.05, 0) is 12.1 Å². The first-order valence-corrected chi connectivity index (χ1v) is 12.2. The van der Waals surface area contributed by atoms with E-state index in [1.165, 1.54) is 26.2 Å². The molecule has 0 unspecified atom stereocenters. The van der Waals surface area contributed by atoms with E-state index in [9.17, 15) is 24.0 Å². The molecule has 14 nitrogen and oxygen atoms in total. The van der Waals surface area contributed by atoms with Crippen LogP contribution in [-0.4, -0.2) is 68.3 Å². The fourth-order valence-corrected chi connectivity index (χ4v) is 3.97. The highest BCUT2D eigenvalue weighted by atomic mass is 16.7. The second-order valence-corrected chi connectivity index (χ2v) is 8.55. The predicted molar refractivity (Wildman–Crippen MR) is 136 cm³/mol. The SMILES string of the molecule is CC#COc1c(O[C@H]2O[C@H](COC(C)=O)[C@@H](OC(C)=O)[C@H](OC(C)=O)[C@@H]2OC(C)=O)c2ccc(OC)cc2oc1=O. The van der Waals surface area contributed by atoms with Gasteiger partial charge in [0.05, 0.1) is 12.5 Å². The fourth-order valence-electron chi connectivity index (χ4n) is 3.97. The molecule has 0 saturated carbocycles. The van der Waals surface area contributed by atoms with E-state index in [1.807, 2.05) is 0 Å². The van der Waals surface area contributed by atoms with Crippen LogP contribution in [-0.2, 0) is 42.9 Å². The number of hydrogen-bond acceptors (Lipinski definition) is 14. The highest BCUT2D eigenvalue weighted by Gasteiger charge is 2.53. The molecule has 2 heterocycles. The number of ether oxygens (including phenoxy) is 8. The fraction of sp³-hybridized carbons (Fsp3) is 0.444. The van der Waals surface area contributed by atoms with Crippen LogP contribution in [0.15, 0.2) is 27.4 Å². The summed E-state index contributed by atoms with van der Waals surface area (Å²) in [5.74, 6) is -0.996. The zero-order valence-corrected chi connectivity index (χ0v) is 23.0. The molecule has 220 valence electrons. The van der Waals surface area contributed by atoms with Gasteiger partial charge in [0.25, 0.3) is 5.75 Å². The average molecular weight is 577 g/mol. The Labute approximate surface area is 233 Å². The standard InChI is InChI=1S/C27H28O14/c1-7-10-34-24-21(18-9-8-17(33-6)11-19(18)39-26(24)32)41-27-25(38-16(5)31)23(37-15(4)30)22(36-14(3)29)20(40-27)12-35-13(2)28/h8-9,11,20,22-23,25,27H,12H2,1-6H3/t20-,22-,23+,25+,27-/m1/s1. The van der Waals surface area contributed by atoms with Crippen LogP contribution in [0.1, 0.15) is 34.6 Å². The summed E-state index contributed by atoms with van der Waals surface area (Å²) in [7, 11) is 1.42. The van der Waals surface area contributed by atoms with Crippen molar-refractivity contribution < 1.29 is 61.5 Å². The number of esters is 4. The first-order chi connectivity index (χ1) is 19.4. The molecule has 41 heavy (non-hydrogen) atoms. The molecular weight excluding hydrogens is 548 g/mol. The van der Waals surface area contributed by atoms with Crippen molar-refractivity contribution in [2.75, 3.05) is 13.7 Å². The minimum atomic E-state index is -1.64. The van der Waals surface area contributed by atoms with Crippen molar-refractivity contribution in [3.8, 4) is 29.3 Å². The van der Waals surface area contributed by atoms with Crippen LogP contribution in [0.4, 0.5) is 0 Å². The predicted octanol–water partition coefficient (Wildman–Crippen LogP) is 1.62. The van der Waals surface area contributed by atoms with Gasteiger partial charge < -0.3 is 42.3 Å². The molecule has 14 heteroatoms. The maximum atomic E-state index is 12.9. The van der Waals surface area contributed by atoms with Gasteiger partial charge in [0.1, 0.15) is 30.1 Å². The van der Waals surface area contributed by atoms with Crippen LogP contribution in [0.5, 0.6) is 17.2 Å². The molecule has 1 fully saturated rings. The molecule has 0 radical (unpaired) electrons. The second-order valence-electron chi connectivity index (χ2n) is 8.55. The molecule has 1 aliphatic rings. The van der Waals surface area contributed by atoms with Crippen molar-refractivity contribution >= 4 is 34.8 Å². The molecule has 1 aromatic heterocycles. The molecule has 1 aromatic carbocycles. The first kappa shape index (κ1) is 30.8. The Morgan fingerprint density at radius 2 is 1.51 bits per heavy atom. The van der Waals surface area contributed by atoms with E-state index < -0.39 is 72.6 Å². The zero-order chi connectivity index (χ0) is 30.3. The highest BCUT2D eigenvalue weighted by molar-refractivity contribution is 5.86. The number of hydrogen-bond donors (Lipinski definition) is 0. The zero-order valence-electron chi connectivity index (χ0n) is 23.0. The molecule has 1 saturated heterocycles. The topological polar surface area (TPSA) is 172 Å². The Morgan fingerprint density at radius 3 is 2.10 bits per heavy atom. The van der Waals surface area contributed by atoms with E-state index in [0.717, 1.165) is 27.7 Å². The summed E-state index contributed by atoms with van der Waals surface area (Å²) in [6, 6.07) is 4.48. The summed E-state index contributed by atoms with van der Waals surface area (Å²) in [6.45, 7) is 5.40. The van der Waals surface area contributed by atoms with E-state index in [4.69, 9.17) is 42.3 Å². The van der Waals surface area contributed by atoms with Crippen molar-refractivity contribution in [3.05, 3.63) is 28.6 Å². The van der Waals surface area contributed by atoms with Gasteiger partial charge in [0, 0.05) is 40.7 Å². The second kappa shape index (κ2) is 13.5. The lowest BCUT2D eigenvalue weighted by atomic mass is 9.98. The molecule has 0 aliphatic carbocycles. The quantitative estimate of drug-likeness (QED) is 0.182. The number of methoxy groups -OCH3 is 1. The lowest BCUT2D eigenvalue weighted by Crippen LogP contribution is -2.63. The minimum Gasteiger partial charge on any atom is -0.497 e. The average Bonchev–Trinajstić information content (AvgIpc) is 2.89. The summed E-state index contributed by atoms with van der Waals surface area (Å²) in [6.07, 6.45) is -5.08. The third-order valence-electron chi connectivity index (χ3n) is 5.47. The summed E-state index contributed by atoms with van der Waals surface area (Å²) < 4.78 is 49.2. The number of rotatable bonds is 9. The van der Waals surface area contributed by atoms with E-state index in [-0.39, 0.29) is 16.7 Å². The van der Waals surface area contributed by atoms with Crippen LogP contribution in [0, 0.1) is 12.0 Å². The van der Waals surface area contributed by atoms with Crippen LogP contribution < -0.4 is 19.8 Å². The van der Waals surface area contributed by atoms with Gasteiger partial charge in [-0.1, -0.05) is 5.92 Å². The molecule has 0 N–H and O–H groups in total. The monoisotopic (exact) mass is 576 g/mol. The largest absolute Gasteiger partial charge is 0.497 e. The maximum Gasteiger partial charge on any atom is 0.384 e. The van der Waals surface area contributed by atoms with Crippen molar-refractivity contribution in [1.29, 1.82) is 0 Å². The third kappa shape index (κ3) is 7.67. The smallest absolute Gasteiger partial charge is 0.384 e. The Morgan fingerprint density at radius 1 is 0.878 bits per heavy atom. The number of fused-ring (bicyclic) bond motifs is 1. The Bertz CT molecular complexity index is 1430. The van der Waals surface area contributed by atoms with Gasteiger partial charge >= 0.3 is 29.5 Å². The number of carbonyl (C=O) groups is 4. The molecule has 0 bridgehead atoms. The van der Waals surface area contributed by atoms with E-state index in [0.29, 0.717) is 5.75 Å². The van der Waals surface area contributed by atoms with Crippen LogP contribution in [0.3, 0.4) is 0 Å². The summed E-state index contributed by atoms with van der Waals surface area (Å²) in [5.41, 5.74) is -0.944. The minimum absolute atomic E-state index is 0.0341. The first-order valence-electron chi connectivity index (χ1n) is 12.2. The van der Waals surface area contributed by atoms with E-state index in [1.54, 1.807) is 6.07 Å². The van der Waals surface area contributed by atoms with Gasteiger partial charge in [0.15, 0.2) is 18.0 Å². The van der Waals surface area contributed by atoms with Crippen LogP contribution >= 0.6 is 0 Å². The van der Waals surface area contributed by atoms with Gasteiger partial charge in [-0.2, -0.15) is 0 Å². The van der Waals surface area contributed by atoms with Crippen molar-refractivity contribution in [1.82, 2.24) is 0 Å². The Balaban J connectivity index is 2.21. The van der Waals surface area contributed by atoms with Gasteiger partial charge in [-0.15, -0.1) is 0 Å². The van der Waals surface area contributed by atoms with Crippen LogP contribution in [0.2, 0.25) is 0 Å². The van der Waals surface area contributed by atoms with Crippen molar-refractivity contribution in [2.45, 2.75) is 65.3 Å². The lowest BCUT2D eigenvalue weighted by Gasteiger charge is -2.43. The Hall–Kier alpha value is -4.77. The van der Waals surface area contributed by atoms with Crippen LogP contribution in [0.25, 0.3) is 11.0 Å².